The van der Waals surface area contributed by atoms with Gasteiger partial charge in [-0.1, -0.05) is 0 Å². The highest BCUT2D eigenvalue weighted by Crippen LogP contribution is 2.30. The van der Waals surface area contributed by atoms with Crippen molar-refractivity contribution in [2.24, 2.45) is 0 Å². The van der Waals surface area contributed by atoms with Gasteiger partial charge in [-0.15, -0.1) is 0 Å². The highest BCUT2D eigenvalue weighted by molar-refractivity contribution is 5.96. The predicted molar refractivity (Wildman–Crippen MR) is 46.4 cm³/mol. The standard InChI is InChI=1S/C9H11N3O/c13-9-7-5-10-11-8(7)3-4-12(9)6-1-2-6/h5-6H,1-4H2,(H,10,11). The van der Waals surface area contributed by atoms with E-state index in [0.29, 0.717) is 6.04 Å². The zero-order valence-corrected chi connectivity index (χ0v) is 7.29. The maximum atomic E-state index is 11.8. The van der Waals surface area contributed by atoms with Crippen LogP contribution in [-0.4, -0.2) is 33.6 Å². The molecule has 1 aromatic heterocycles. The van der Waals surface area contributed by atoms with Gasteiger partial charge in [-0.2, -0.15) is 5.10 Å². The average molecular weight is 177 g/mol. The summed E-state index contributed by atoms with van der Waals surface area (Å²) in [7, 11) is 0. The molecule has 0 spiro atoms. The van der Waals surface area contributed by atoms with Gasteiger partial charge in [-0.3, -0.25) is 9.89 Å². The molecule has 1 aliphatic heterocycles. The first kappa shape index (κ1) is 7.12. The largest absolute Gasteiger partial charge is 0.335 e. The third kappa shape index (κ3) is 0.978. The van der Waals surface area contributed by atoms with E-state index in [-0.39, 0.29) is 5.91 Å². The number of carbonyl (C=O) groups is 1. The number of nitrogens with one attached hydrogen (secondary N) is 1. The summed E-state index contributed by atoms with van der Waals surface area (Å²) in [5.41, 5.74) is 1.78. The summed E-state index contributed by atoms with van der Waals surface area (Å²) in [5, 5.41) is 6.77. The topological polar surface area (TPSA) is 49.0 Å². The molecule has 4 nitrogen and oxygen atoms in total. The van der Waals surface area contributed by atoms with Crippen molar-refractivity contribution in [2.45, 2.75) is 25.3 Å². The van der Waals surface area contributed by atoms with Crippen molar-refractivity contribution in [3.8, 4) is 0 Å². The molecule has 0 unspecified atom stereocenters. The molecule has 0 radical (unpaired) electrons. The van der Waals surface area contributed by atoms with Crippen molar-refractivity contribution >= 4 is 5.91 Å². The summed E-state index contributed by atoms with van der Waals surface area (Å²) < 4.78 is 0. The van der Waals surface area contributed by atoms with Crippen molar-refractivity contribution in [1.82, 2.24) is 15.1 Å². The van der Waals surface area contributed by atoms with Crippen molar-refractivity contribution in [3.05, 3.63) is 17.5 Å². The second-order valence-electron chi connectivity index (χ2n) is 3.74. The Hall–Kier alpha value is -1.32. The number of carbonyl (C=O) groups excluding carboxylic acids is 1. The Balaban J connectivity index is 1.96. The maximum Gasteiger partial charge on any atom is 0.257 e. The van der Waals surface area contributed by atoms with Crippen LogP contribution >= 0.6 is 0 Å². The molecule has 2 heterocycles. The number of nitrogens with zero attached hydrogens (tertiary/aromatic N) is 2. The van der Waals surface area contributed by atoms with Crippen LogP contribution in [0.25, 0.3) is 0 Å². The molecule has 13 heavy (non-hydrogen) atoms. The van der Waals surface area contributed by atoms with Crippen LogP contribution in [0.1, 0.15) is 28.9 Å². The summed E-state index contributed by atoms with van der Waals surface area (Å²) >= 11 is 0. The second-order valence-corrected chi connectivity index (χ2v) is 3.74. The lowest BCUT2D eigenvalue weighted by Gasteiger charge is -2.25. The van der Waals surface area contributed by atoms with Crippen LogP contribution in [-0.2, 0) is 6.42 Å². The Bertz CT molecular complexity index is 353. The van der Waals surface area contributed by atoms with Gasteiger partial charge in [0.05, 0.1) is 11.8 Å². The first-order valence-corrected chi connectivity index (χ1v) is 4.69. The van der Waals surface area contributed by atoms with Gasteiger partial charge >= 0.3 is 0 Å². The molecule has 1 aliphatic carbocycles. The number of aromatic amines is 1. The van der Waals surface area contributed by atoms with Crippen LogP contribution in [0.15, 0.2) is 6.20 Å². The Morgan fingerprint density at radius 3 is 3.15 bits per heavy atom. The van der Waals surface area contributed by atoms with E-state index in [2.05, 4.69) is 10.2 Å². The molecular weight excluding hydrogens is 166 g/mol. The van der Waals surface area contributed by atoms with Gasteiger partial charge in [0.2, 0.25) is 0 Å². The molecule has 1 N–H and O–H groups in total. The van der Waals surface area contributed by atoms with E-state index < -0.39 is 0 Å². The minimum absolute atomic E-state index is 0.164. The number of aromatic nitrogens is 2. The summed E-state index contributed by atoms with van der Waals surface area (Å²) in [6.45, 7) is 0.860. The van der Waals surface area contributed by atoms with Gasteiger partial charge in [0.15, 0.2) is 0 Å². The number of amides is 1. The molecule has 2 aliphatic rings. The lowest BCUT2D eigenvalue weighted by Crippen LogP contribution is -2.38. The third-order valence-corrected chi connectivity index (χ3v) is 2.80. The van der Waals surface area contributed by atoms with Crippen LogP contribution in [0, 0.1) is 0 Å². The van der Waals surface area contributed by atoms with Crippen LogP contribution in [0.3, 0.4) is 0 Å². The van der Waals surface area contributed by atoms with Crippen LogP contribution in [0.2, 0.25) is 0 Å². The molecule has 1 saturated carbocycles. The SMILES string of the molecule is O=C1c2cn[nH]c2CCN1C1CC1. The molecule has 0 atom stereocenters. The molecule has 3 rings (SSSR count). The fourth-order valence-corrected chi connectivity index (χ4v) is 1.91. The van der Waals surface area contributed by atoms with E-state index in [1.54, 1.807) is 6.20 Å². The number of rotatable bonds is 1. The molecule has 0 saturated heterocycles. The number of fused-ring (bicyclic) bond motifs is 1. The van der Waals surface area contributed by atoms with Crippen LogP contribution in [0.5, 0.6) is 0 Å². The van der Waals surface area contributed by atoms with Gasteiger partial charge in [0.25, 0.3) is 5.91 Å². The van der Waals surface area contributed by atoms with Gasteiger partial charge < -0.3 is 4.90 Å². The fraction of sp³-hybridized carbons (Fsp3) is 0.556. The van der Waals surface area contributed by atoms with Gasteiger partial charge in [-0.05, 0) is 12.8 Å². The highest BCUT2D eigenvalue weighted by Gasteiger charge is 2.36. The molecular formula is C9H11N3O. The Labute approximate surface area is 75.9 Å². The molecule has 0 aromatic carbocycles. The molecule has 1 fully saturated rings. The minimum atomic E-state index is 0.164. The van der Waals surface area contributed by atoms with Gasteiger partial charge in [0, 0.05) is 24.7 Å². The Morgan fingerprint density at radius 2 is 2.38 bits per heavy atom. The smallest absolute Gasteiger partial charge is 0.257 e. The van der Waals surface area contributed by atoms with Crippen LogP contribution in [0.4, 0.5) is 0 Å². The summed E-state index contributed by atoms with van der Waals surface area (Å²) in [5.74, 6) is 0.164. The summed E-state index contributed by atoms with van der Waals surface area (Å²) in [6.07, 6.45) is 4.93. The Kier molecular flexibility index (Phi) is 1.28. The van der Waals surface area contributed by atoms with Crippen LogP contribution < -0.4 is 0 Å². The lowest BCUT2D eigenvalue weighted by atomic mass is 10.1. The monoisotopic (exact) mass is 177 g/mol. The molecule has 0 bridgehead atoms. The summed E-state index contributed by atoms with van der Waals surface area (Å²) in [6, 6.07) is 0.524. The first-order chi connectivity index (χ1) is 6.36. The first-order valence-electron chi connectivity index (χ1n) is 4.69. The maximum absolute atomic E-state index is 11.8. The third-order valence-electron chi connectivity index (χ3n) is 2.80. The number of H-pyrrole nitrogens is 1. The van der Waals surface area contributed by atoms with Crippen molar-refractivity contribution in [1.29, 1.82) is 0 Å². The molecule has 68 valence electrons. The zero-order valence-electron chi connectivity index (χ0n) is 7.29. The zero-order chi connectivity index (χ0) is 8.84. The predicted octanol–water partition coefficient (Wildman–Crippen LogP) is 0.570. The lowest BCUT2D eigenvalue weighted by molar-refractivity contribution is 0.0726. The van der Waals surface area contributed by atoms with E-state index in [1.165, 1.54) is 12.8 Å². The number of hydrogen-bond acceptors (Lipinski definition) is 2. The van der Waals surface area contributed by atoms with Crippen molar-refractivity contribution in [2.75, 3.05) is 6.54 Å². The van der Waals surface area contributed by atoms with E-state index in [0.717, 1.165) is 24.2 Å². The molecule has 1 amide bonds. The minimum Gasteiger partial charge on any atom is -0.335 e. The summed E-state index contributed by atoms with van der Waals surface area (Å²) in [4.78, 5) is 13.8. The number of hydrogen-bond donors (Lipinski definition) is 1. The average Bonchev–Trinajstić information content (AvgIpc) is 2.83. The van der Waals surface area contributed by atoms with Gasteiger partial charge in [-0.25, -0.2) is 0 Å². The van der Waals surface area contributed by atoms with Gasteiger partial charge in [0.1, 0.15) is 0 Å². The highest BCUT2D eigenvalue weighted by atomic mass is 16.2. The molecule has 4 heteroatoms. The molecule has 1 aromatic rings. The van der Waals surface area contributed by atoms with E-state index in [9.17, 15) is 4.79 Å². The van der Waals surface area contributed by atoms with E-state index in [1.807, 2.05) is 4.90 Å². The second kappa shape index (κ2) is 2.34. The van der Waals surface area contributed by atoms with Crippen molar-refractivity contribution < 1.29 is 4.79 Å². The van der Waals surface area contributed by atoms with E-state index in [4.69, 9.17) is 0 Å². The normalized spacial score (nSPS) is 21.8. The van der Waals surface area contributed by atoms with E-state index >= 15 is 0 Å². The quantitative estimate of drug-likeness (QED) is 0.681. The van der Waals surface area contributed by atoms with Crippen molar-refractivity contribution in [3.63, 3.8) is 0 Å². The Morgan fingerprint density at radius 1 is 1.54 bits per heavy atom. The fourth-order valence-electron chi connectivity index (χ4n) is 1.91.